The maximum atomic E-state index is 12.0. The Kier molecular flexibility index (Phi) is 4.28. The maximum Gasteiger partial charge on any atom is 0.260 e. The summed E-state index contributed by atoms with van der Waals surface area (Å²) in [6.45, 7) is 5.03. The Bertz CT molecular complexity index is 366. The van der Waals surface area contributed by atoms with Gasteiger partial charge in [0.1, 0.15) is 0 Å². The summed E-state index contributed by atoms with van der Waals surface area (Å²) < 4.78 is 25.5. The van der Waals surface area contributed by atoms with Crippen LogP contribution in [0.15, 0.2) is 17.6 Å². The highest BCUT2D eigenvalue weighted by atomic mass is 32.2. The van der Waals surface area contributed by atoms with E-state index >= 15 is 0 Å². The van der Waals surface area contributed by atoms with Crippen molar-refractivity contribution < 1.29 is 8.42 Å². The van der Waals surface area contributed by atoms with Crippen molar-refractivity contribution in [1.82, 2.24) is 14.3 Å². The minimum absolute atomic E-state index is 0.171. The van der Waals surface area contributed by atoms with Crippen LogP contribution in [-0.2, 0) is 10.0 Å². The first-order chi connectivity index (χ1) is 7.12. The van der Waals surface area contributed by atoms with E-state index in [0.717, 1.165) is 12.8 Å². The molecule has 0 saturated carbocycles. The molecule has 15 heavy (non-hydrogen) atoms. The fraction of sp³-hybridized carbons (Fsp3) is 0.667. The summed E-state index contributed by atoms with van der Waals surface area (Å²) in [5.74, 6) is 0. The highest BCUT2D eigenvalue weighted by Gasteiger charge is 2.23. The van der Waals surface area contributed by atoms with Crippen molar-refractivity contribution in [2.24, 2.45) is 0 Å². The number of hydrogen-bond donors (Lipinski definition) is 1. The first-order valence-electron chi connectivity index (χ1n) is 5.11. The molecule has 1 aromatic rings. The molecule has 1 rings (SSSR count). The van der Waals surface area contributed by atoms with Gasteiger partial charge in [-0.1, -0.05) is 13.8 Å². The quantitative estimate of drug-likeness (QED) is 0.800. The number of sulfonamides is 1. The van der Waals surface area contributed by atoms with Gasteiger partial charge in [0.15, 0.2) is 5.03 Å². The van der Waals surface area contributed by atoms with E-state index in [4.69, 9.17) is 0 Å². The Morgan fingerprint density at radius 1 is 1.33 bits per heavy atom. The molecular formula is C9H17N3O2S. The Morgan fingerprint density at radius 3 is 2.33 bits per heavy atom. The van der Waals surface area contributed by atoms with Crippen LogP contribution in [0.4, 0.5) is 0 Å². The largest absolute Gasteiger partial charge is 0.335 e. The van der Waals surface area contributed by atoms with Gasteiger partial charge in [-0.15, -0.1) is 0 Å². The Hall–Kier alpha value is -0.880. The molecule has 86 valence electrons. The Morgan fingerprint density at radius 2 is 1.93 bits per heavy atom. The number of aromatic amines is 1. The number of imidazole rings is 1. The van der Waals surface area contributed by atoms with Gasteiger partial charge in [-0.2, -0.15) is 4.31 Å². The summed E-state index contributed by atoms with van der Waals surface area (Å²) in [6, 6.07) is 0. The fourth-order valence-corrected chi connectivity index (χ4v) is 2.89. The van der Waals surface area contributed by atoms with Gasteiger partial charge in [0.05, 0.1) is 12.5 Å². The standard InChI is InChI=1S/C9H17N3O2S/c1-3-5-12(6-4-2)15(13,14)9-7-10-8-11-9/h7-8H,3-6H2,1-2H3,(H,10,11). The average molecular weight is 231 g/mol. The molecule has 0 fully saturated rings. The van der Waals surface area contributed by atoms with E-state index in [1.807, 2.05) is 13.8 Å². The molecule has 0 unspecified atom stereocenters. The van der Waals surface area contributed by atoms with Gasteiger partial charge >= 0.3 is 0 Å². The van der Waals surface area contributed by atoms with E-state index in [1.54, 1.807) is 0 Å². The molecule has 6 heteroatoms. The van der Waals surface area contributed by atoms with Crippen molar-refractivity contribution >= 4 is 10.0 Å². The van der Waals surface area contributed by atoms with Crippen LogP contribution in [0.2, 0.25) is 0 Å². The highest BCUT2D eigenvalue weighted by Crippen LogP contribution is 2.12. The highest BCUT2D eigenvalue weighted by molar-refractivity contribution is 7.89. The van der Waals surface area contributed by atoms with Gasteiger partial charge in [0.25, 0.3) is 10.0 Å². The van der Waals surface area contributed by atoms with Crippen LogP contribution in [-0.4, -0.2) is 35.8 Å². The molecule has 1 heterocycles. The summed E-state index contributed by atoms with van der Waals surface area (Å²) in [4.78, 5) is 6.36. The van der Waals surface area contributed by atoms with E-state index in [1.165, 1.54) is 16.8 Å². The molecule has 0 atom stereocenters. The molecule has 5 nitrogen and oxygen atoms in total. The molecular weight excluding hydrogens is 214 g/mol. The zero-order chi connectivity index (χ0) is 11.3. The minimum Gasteiger partial charge on any atom is -0.335 e. The van der Waals surface area contributed by atoms with E-state index in [2.05, 4.69) is 9.97 Å². The Balaban J connectivity index is 2.91. The predicted octanol–water partition coefficient (Wildman–Crippen LogP) is 1.22. The molecule has 0 spiro atoms. The zero-order valence-corrected chi connectivity index (χ0v) is 9.92. The van der Waals surface area contributed by atoms with Crippen LogP contribution >= 0.6 is 0 Å². The summed E-state index contributed by atoms with van der Waals surface area (Å²) in [5, 5.41) is 0.171. The summed E-state index contributed by atoms with van der Waals surface area (Å²) in [6.07, 6.45) is 4.34. The molecule has 0 aliphatic rings. The van der Waals surface area contributed by atoms with Crippen molar-refractivity contribution in [2.45, 2.75) is 31.7 Å². The van der Waals surface area contributed by atoms with Gasteiger partial charge < -0.3 is 4.98 Å². The smallest absolute Gasteiger partial charge is 0.260 e. The topological polar surface area (TPSA) is 66.1 Å². The third-order valence-corrected chi connectivity index (χ3v) is 3.86. The van der Waals surface area contributed by atoms with Crippen LogP contribution in [0.5, 0.6) is 0 Å². The fourth-order valence-electron chi connectivity index (χ4n) is 1.37. The maximum absolute atomic E-state index is 12.0. The van der Waals surface area contributed by atoms with Crippen molar-refractivity contribution in [3.63, 3.8) is 0 Å². The van der Waals surface area contributed by atoms with Gasteiger partial charge in [-0.05, 0) is 12.8 Å². The second-order valence-corrected chi connectivity index (χ2v) is 5.23. The summed E-state index contributed by atoms with van der Waals surface area (Å²) >= 11 is 0. The molecule has 0 saturated heterocycles. The molecule has 0 bridgehead atoms. The number of H-pyrrole nitrogens is 1. The van der Waals surface area contributed by atoms with E-state index < -0.39 is 10.0 Å². The normalized spacial score (nSPS) is 12.2. The van der Waals surface area contributed by atoms with E-state index in [0.29, 0.717) is 13.1 Å². The second kappa shape index (κ2) is 5.27. The number of rotatable bonds is 6. The van der Waals surface area contributed by atoms with Crippen molar-refractivity contribution in [3.8, 4) is 0 Å². The number of aromatic nitrogens is 2. The van der Waals surface area contributed by atoms with Crippen LogP contribution in [0.1, 0.15) is 26.7 Å². The van der Waals surface area contributed by atoms with Crippen molar-refractivity contribution in [1.29, 1.82) is 0 Å². The lowest BCUT2D eigenvalue weighted by Gasteiger charge is -2.19. The lowest BCUT2D eigenvalue weighted by atomic mass is 10.4. The molecule has 1 N–H and O–H groups in total. The predicted molar refractivity (Wildman–Crippen MR) is 57.9 cm³/mol. The molecule has 0 radical (unpaired) electrons. The van der Waals surface area contributed by atoms with E-state index in [9.17, 15) is 8.42 Å². The Labute approximate surface area is 90.6 Å². The zero-order valence-electron chi connectivity index (χ0n) is 9.10. The summed E-state index contributed by atoms with van der Waals surface area (Å²) in [7, 11) is -3.37. The summed E-state index contributed by atoms with van der Waals surface area (Å²) in [5.41, 5.74) is 0. The third kappa shape index (κ3) is 2.79. The number of hydrogen-bond acceptors (Lipinski definition) is 3. The molecule has 1 aromatic heterocycles. The first kappa shape index (κ1) is 12.2. The van der Waals surface area contributed by atoms with Crippen LogP contribution in [0.25, 0.3) is 0 Å². The second-order valence-electron chi connectivity index (χ2n) is 3.32. The lowest BCUT2D eigenvalue weighted by molar-refractivity contribution is 0.408. The SMILES string of the molecule is CCCN(CCC)S(=O)(=O)c1cnc[nH]1. The first-order valence-corrected chi connectivity index (χ1v) is 6.55. The van der Waals surface area contributed by atoms with Gasteiger partial charge in [-0.3, -0.25) is 0 Å². The molecule has 0 aromatic carbocycles. The van der Waals surface area contributed by atoms with Crippen LogP contribution in [0.3, 0.4) is 0 Å². The van der Waals surface area contributed by atoms with Crippen molar-refractivity contribution in [3.05, 3.63) is 12.5 Å². The monoisotopic (exact) mass is 231 g/mol. The number of nitrogens with zero attached hydrogens (tertiary/aromatic N) is 2. The van der Waals surface area contributed by atoms with Crippen LogP contribution in [0, 0.1) is 0 Å². The molecule has 0 amide bonds. The van der Waals surface area contributed by atoms with Gasteiger partial charge in [-0.25, -0.2) is 13.4 Å². The van der Waals surface area contributed by atoms with Gasteiger partial charge in [0.2, 0.25) is 0 Å². The average Bonchev–Trinajstić information content (AvgIpc) is 2.70. The van der Waals surface area contributed by atoms with Gasteiger partial charge in [0, 0.05) is 13.1 Å². The van der Waals surface area contributed by atoms with Crippen molar-refractivity contribution in [2.75, 3.05) is 13.1 Å². The lowest BCUT2D eigenvalue weighted by Crippen LogP contribution is -2.32. The minimum atomic E-state index is -3.37. The molecule has 0 aliphatic carbocycles. The van der Waals surface area contributed by atoms with Crippen LogP contribution < -0.4 is 0 Å². The number of nitrogens with one attached hydrogen (secondary N) is 1. The third-order valence-electron chi connectivity index (χ3n) is 2.04. The molecule has 0 aliphatic heterocycles. The van der Waals surface area contributed by atoms with E-state index in [-0.39, 0.29) is 5.03 Å².